The van der Waals surface area contributed by atoms with Crippen LogP contribution >= 0.6 is 7.37 Å². The largest absolute Gasteiger partial charge is 0.399 e. The third-order valence-corrected chi connectivity index (χ3v) is 4.56. The number of nitrogen functional groups attached to an aromatic ring is 1. The molecule has 1 rings (SSSR count). The zero-order chi connectivity index (χ0) is 14.9. The highest BCUT2D eigenvalue weighted by molar-refractivity contribution is 7.59. The molecule has 1 aromatic rings. The van der Waals surface area contributed by atoms with Crippen molar-refractivity contribution in [3.8, 4) is 0 Å². The van der Waals surface area contributed by atoms with Crippen molar-refractivity contribution in [3.63, 3.8) is 0 Å². The Morgan fingerprint density at radius 1 is 1.32 bits per heavy atom. The molecule has 1 unspecified atom stereocenters. The van der Waals surface area contributed by atoms with Gasteiger partial charge >= 0.3 is 11.6 Å². The van der Waals surface area contributed by atoms with Gasteiger partial charge in [0.15, 0.2) is 0 Å². The van der Waals surface area contributed by atoms with E-state index in [0.29, 0.717) is 6.66 Å². The van der Waals surface area contributed by atoms with Gasteiger partial charge in [-0.05, 0) is 19.1 Å². The van der Waals surface area contributed by atoms with Gasteiger partial charge in [-0.3, -0.25) is 4.57 Å². The van der Waals surface area contributed by atoms with Crippen LogP contribution in [0.15, 0.2) is 24.3 Å². The molecule has 2 N–H and O–H groups in total. The van der Waals surface area contributed by atoms with Crippen LogP contribution in [0.2, 0.25) is 0 Å². The molecule has 0 aromatic heterocycles. The molecular formula is C11H14F4NO2P. The summed E-state index contributed by atoms with van der Waals surface area (Å²) in [5.74, 6) is -4.64. The maximum Gasteiger partial charge on any atom is 0.387 e. The summed E-state index contributed by atoms with van der Waals surface area (Å²) < 4.78 is 71.3. The van der Waals surface area contributed by atoms with Crippen molar-refractivity contribution in [2.75, 3.05) is 19.0 Å². The van der Waals surface area contributed by atoms with Crippen LogP contribution in [0.1, 0.15) is 12.5 Å². The normalized spacial score (nSPS) is 16.1. The molecule has 0 radical (unpaired) electrons. The molecule has 0 heterocycles. The van der Waals surface area contributed by atoms with Crippen LogP contribution in [0.4, 0.5) is 23.2 Å². The molecule has 0 bridgehead atoms. The fraction of sp³-hybridized carbons (Fsp3) is 0.455. The van der Waals surface area contributed by atoms with Gasteiger partial charge in [-0.25, -0.2) is 0 Å². The van der Waals surface area contributed by atoms with E-state index in [9.17, 15) is 22.1 Å². The summed E-state index contributed by atoms with van der Waals surface area (Å²) >= 11 is 0. The molecule has 108 valence electrons. The summed E-state index contributed by atoms with van der Waals surface area (Å²) in [6, 6.07) is 3.93. The molecule has 0 fully saturated rings. The highest BCUT2D eigenvalue weighted by Gasteiger charge is 2.67. The predicted octanol–water partition coefficient (Wildman–Crippen LogP) is 3.90. The number of benzene rings is 1. The molecule has 1 atom stereocenters. The van der Waals surface area contributed by atoms with E-state index in [1.165, 1.54) is 13.0 Å². The van der Waals surface area contributed by atoms with Crippen molar-refractivity contribution < 1.29 is 26.7 Å². The predicted molar refractivity (Wildman–Crippen MR) is 64.9 cm³/mol. The first-order valence-corrected chi connectivity index (χ1v) is 7.47. The minimum absolute atomic E-state index is 0.0877. The minimum atomic E-state index is -4.82. The summed E-state index contributed by atoms with van der Waals surface area (Å²) in [4.78, 5) is 0. The molecule has 19 heavy (non-hydrogen) atoms. The Balaban J connectivity index is 3.28. The van der Waals surface area contributed by atoms with E-state index in [0.717, 1.165) is 18.2 Å². The second-order valence-electron chi connectivity index (χ2n) is 4.00. The number of nitrogens with two attached hydrogens (primary N) is 1. The molecule has 0 aliphatic rings. The number of hydrogen-bond donors (Lipinski definition) is 1. The average Bonchev–Trinajstić information content (AvgIpc) is 2.28. The van der Waals surface area contributed by atoms with Crippen molar-refractivity contribution in [3.05, 3.63) is 29.8 Å². The van der Waals surface area contributed by atoms with Gasteiger partial charge in [-0.2, -0.15) is 17.6 Å². The van der Waals surface area contributed by atoms with Gasteiger partial charge in [0.25, 0.3) is 7.37 Å². The minimum Gasteiger partial charge on any atom is -0.399 e. The summed E-state index contributed by atoms with van der Waals surface area (Å²) in [6.07, 6.45) is 0. The topological polar surface area (TPSA) is 52.3 Å². The molecule has 1 aromatic carbocycles. The maximum absolute atomic E-state index is 13.9. The van der Waals surface area contributed by atoms with E-state index in [1.807, 2.05) is 0 Å². The van der Waals surface area contributed by atoms with Crippen LogP contribution in [0, 0.1) is 0 Å². The second-order valence-corrected chi connectivity index (χ2v) is 6.52. The van der Waals surface area contributed by atoms with Gasteiger partial charge in [0.2, 0.25) is 0 Å². The Kier molecular flexibility index (Phi) is 4.32. The first-order valence-electron chi connectivity index (χ1n) is 5.40. The van der Waals surface area contributed by atoms with Crippen LogP contribution in [0.5, 0.6) is 0 Å². The average molecular weight is 299 g/mol. The van der Waals surface area contributed by atoms with E-state index < -0.39 is 24.5 Å². The SMILES string of the molecule is CCOP(C)(=O)C(F)(F)C(F)(F)c1cccc(N)c1. The number of hydrogen-bond acceptors (Lipinski definition) is 3. The highest BCUT2D eigenvalue weighted by atomic mass is 31.2. The lowest BCUT2D eigenvalue weighted by Gasteiger charge is -2.31. The van der Waals surface area contributed by atoms with E-state index in [4.69, 9.17) is 5.73 Å². The molecule has 0 saturated carbocycles. The molecule has 0 aliphatic carbocycles. The lowest BCUT2D eigenvalue weighted by Crippen LogP contribution is -2.38. The van der Waals surface area contributed by atoms with E-state index >= 15 is 0 Å². The van der Waals surface area contributed by atoms with Gasteiger partial charge in [0.05, 0.1) is 6.61 Å². The molecular weight excluding hydrogens is 285 g/mol. The standard InChI is InChI=1S/C11H14F4NO2P/c1-3-18-19(2,17)11(14,15)10(12,13)8-5-4-6-9(16)7-8/h4-7H,3,16H2,1-2H3. The first kappa shape index (κ1) is 16.0. The van der Waals surface area contributed by atoms with Gasteiger partial charge in [-0.15, -0.1) is 0 Å². The molecule has 0 amide bonds. The monoisotopic (exact) mass is 299 g/mol. The maximum atomic E-state index is 13.9. The van der Waals surface area contributed by atoms with Crippen LogP contribution in [0.3, 0.4) is 0 Å². The van der Waals surface area contributed by atoms with Crippen LogP contribution < -0.4 is 5.73 Å². The number of rotatable bonds is 5. The fourth-order valence-electron chi connectivity index (χ4n) is 1.49. The third-order valence-electron chi connectivity index (χ3n) is 2.51. The summed E-state index contributed by atoms with van der Waals surface area (Å²) in [5.41, 5.74) is -0.616. The zero-order valence-corrected chi connectivity index (χ0v) is 11.3. The fourth-order valence-corrected chi connectivity index (χ4v) is 2.78. The van der Waals surface area contributed by atoms with Crippen molar-refractivity contribution in [1.82, 2.24) is 0 Å². The second kappa shape index (κ2) is 5.13. The number of halogens is 4. The van der Waals surface area contributed by atoms with Crippen LogP contribution in [-0.2, 0) is 15.0 Å². The highest BCUT2D eigenvalue weighted by Crippen LogP contribution is 2.66. The number of anilines is 1. The number of alkyl halides is 4. The molecule has 0 saturated heterocycles. The van der Waals surface area contributed by atoms with Crippen molar-refractivity contribution in [2.24, 2.45) is 0 Å². The Hall–Kier alpha value is -1.07. The first-order chi connectivity index (χ1) is 8.56. The van der Waals surface area contributed by atoms with E-state index in [-0.39, 0.29) is 12.3 Å². The zero-order valence-electron chi connectivity index (χ0n) is 10.4. The Bertz CT molecular complexity index is 507. The molecule has 0 spiro atoms. The van der Waals surface area contributed by atoms with Crippen LogP contribution in [-0.4, -0.2) is 18.9 Å². The van der Waals surface area contributed by atoms with Gasteiger partial charge in [0.1, 0.15) is 0 Å². The van der Waals surface area contributed by atoms with Gasteiger partial charge in [-0.1, -0.05) is 12.1 Å². The quantitative estimate of drug-likeness (QED) is 0.509. The lowest BCUT2D eigenvalue weighted by molar-refractivity contribution is -0.170. The lowest BCUT2D eigenvalue weighted by atomic mass is 10.1. The smallest absolute Gasteiger partial charge is 0.387 e. The molecule has 3 nitrogen and oxygen atoms in total. The Morgan fingerprint density at radius 2 is 1.89 bits per heavy atom. The Morgan fingerprint density at radius 3 is 2.37 bits per heavy atom. The van der Waals surface area contributed by atoms with Crippen molar-refractivity contribution in [1.29, 1.82) is 0 Å². The van der Waals surface area contributed by atoms with Crippen molar-refractivity contribution >= 4 is 13.1 Å². The van der Waals surface area contributed by atoms with E-state index in [2.05, 4.69) is 4.52 Å². The molecule has 8 heteroatoms. The van der Waals surface area contributed by atoms with Crippen LogP contribution in [0.25, 0.3) is 0 Å². The van der Waals surface area contributed by atoms with Gasteiger partial charge < -0.3 is 10.3 Å². The Labute approximate surface area is 108 Å². The summed E-state index contributed by atoms with van der Waals surface area (Å²) in [7, 11) is -4.82. The van der Waals surface area contributed by atoms with Crippen molar-refractivity contribution in [2.45, 2.75) is 18.5 Å². The summed E-state index contributed by atoms with van der Waals surface area (Å²) in [5, 5.41) is 0. The van der Waals surface area contributed by atoms with E-state index in [1.54, 1.807) is 0 Å². The molecule has 0 aliphatic heterocycles. The van der Waals surface area contributed by atoms with Gasteiger partial charge in [0, 0.05) is 17.9 Å². The summed E-state index contributed by atoms with van der Waals surface area (Å²) in [6.45, 7) is 1.44. The third kappa shape index (κ3) is 2.77.